The van der Waals surface area contributed by atoms with Crippen LogP contribution in [0.4, 0.5) is 0 Å². The molecule has 1 unspecified atom stereocenters. The van der Waals surface area contributed by atoms with Crippen LogP contribution in [-0.2, 0) is 42.3 Å². The van der Waals surface area contributed by atoms with Gasteiger partial charge in [-0.15, -0.1) is 14.7 Å². The zero-order valence-electron chi connectivity index (χ0n) is 33.4. The van der Waals surface area contributed by atoms with E-state index < -0.39 is 0 Å². The average Bonchev–Trinajstić information content (AvgIpc) is 4.18. The van der Waals surface area contributed by atoms with Crippen molar-refractivity contribution in [1.29, 1.82) is 0 Å². The third-order valence-corrected chi connectivity index (χ3v) is 10.4. The van der Waals surface area contributed by atoms with Crippen LogP contribution in [-0.4, -0.2) is 120 Å². The third kappa shape index (κ3) is 8.21. The lowest BCUT2D eigenvalue weighted by molar-refractivity contribution is -0.618. The normalized spacial score (nSPS) is 14.3. The number of aliphatic hydroxyl groups is 2. The molecule has 0 saturated carbocycles. The Morgan fingerprint density at radius 2 is 1.44 bits per heavy atom. The summed E-state index contributed by atoms with van der Waals surface area (Å²) in [5.74, 6) is 0. The van der Waals surface area contributed by atoms with Gasteiger partial charge in [-0.05, 0) is 30.9 Å². The van der Waals surface area contributed by atoms with Crippen LogP contribution in [0.1, 0.15) is 36.1 Å². The van der Waals surface area contributed by atoms with Crippen LogP contribution in [0.25, 0.3) is 50.8 Å². The van der Waals surface area contributed by atoms with Crippen LogP contribution >= 0.6 is 0 Å². The molecule has 0 bridgehead atoms. The van der Waals surface area contributed by atoms with Crippen LogP contribution < -0.4 is 4.52 Å². The van der Waals surface area contributed by atoms with E-state index in [0.29, 0.717) is 61.1 Å². The molecule has 0 aliphatic carbocycles. The molecule has 11 rings (SSSR count). The van der Waals surface area contributed by atoms with Gasteiger partial charge in [-0.2, -0.15) is 10.2 Å². The van der Waals surface area contributed by atoms with Gasteiger partial charge in [-0.25, -0.2) is 34.3 Å². The van der Waals surface area contributed by atoms with Crippen molar-refractivity contribution in [3.05, 3.63) is 115 Å². The van der Waals surface area contributed by atoms with Gasteiger partial charge in [0.25, 0.3) is 0 Å². The molecule has 22 nitrogen and oxygen atoms in total. The maximum Gasteiger partial charge on any atom is 0.221 e. The Hall–Kier alpha value is -7.40. The molecular weight excluding hydrogens is 797 g/mol. The molecule has 11 heterocycles. The molecule has 22 heteroatoms. The van der Waals surface area contributed by atoms with Gasteiger partial charge in [0.2, 0.25) is 23.7 Å². The summed E-state index contributed by atoms with van der Waals surface area (Å²) in [4.78, 5) is 22.5. The fourth-order valence-corrected chi connectivity index (χ4v) is 7.19. The number of pyridine rings is 1. The number of aromatic nitrogens is 18. The molecule has 1 fully saturated rings. The quantitative estimate of drug-likeness (QED) is 0.158. The van der Waals surface area contributed by atoms with Crippen molar-refractivity contribution in [3.63, 3.8) is 0 Å². The second kappa shape index (κ2) is 17.3. The summed E-state index contributed by atoms with van der Waals surface area (Å²) in [5.41, 5.74) is 8.96. The zero-order chi connectivity index (χ0) is 41.8. The van der Waals surface area contributed by atoms with E-state index in [1.807, 2.05) is 85.8 Å². The first-order valence-electron chi connectivity index (χ1n) is 20.1. The molecule has 0 radical (unpaired) electrons. The minimum Gasteiger partial charge on any atom is -0.394 e. The first-order valence-corrected chi connectivity index (χ1v) is 20.1. The maximum absolute atomic E-state index is 9.49. The number of aliphatic hydroxyl groups excluding tert-OH is 2. The molecule has 10 aromatic heterocycles. The predicted molar refractivity (Wildman–Crippen MR) is 218 cm³/mol. The van der Waals surface area contributed by atoms with E-state index in [4.69, 9.17) is 19.6 Å². The Morgan fingerprint density at radius 3 is 2.11 bits per heavy atom. The molecule has 314 valence electrons. The molecule has 1 aliphatic rings. The Balaban J connectivity index is 0.000000149. The van der Waals surface area contributed by atoms with E-state index >= 15 is 0 Å². The number of hydrogen-bond donors (Lipinski definition) is 2. The molecule has 0 amide bonds. The first kappa shape index (κ1) is 38.8. The summed E-state index contributed by atoms with van der Waals surface area (Å²) < 4.78 is 24.1. The van der Waals surface area contributed by atoms with Gasteiger partial charge in [-0.1, -0.05) is 21.0 Å². The van der Waals surface area contributed by atoms with Crippen LogP contribution in [0.5, 0.6) is 0 Å². The predicted octanol–water partition coefficient (Wildman–Crippen LogP) is 1.78. The van der Waals surface area contributed by atoms with E-state index in [0.717, 1.165) is 65.2 Å². The van der Waals surface area contributed by atoms with E-state index in [2.05, 4.69) is 50.8 Å². The molecule has 0 spiro atoms. The highest BCUT2D eigenvalue weighted by Crippen LogP contribution is 2.21. The molecule has 0 aromatic carbocycles. The summed E-state index contributed by atoms with van der Waals surface area (Å²) in [7, 11) is 0. The Kier molecular flexibility index (Phi) is 10.8. The topological polar surface area (TPSA) is 233 Å². The Labute approximate surface area is 351 Å². The number of rotatable bonds is 13. The summed E-state index contributed by atoms with van der Waals surface area (Å²) in [5, 5.41) is 43.9. The summed E-state index contributed by atoms with van der Waals surface area (Å²) >= 11 is 0. The van der Waals surface area contributed by atoms with Crippen molar-refractivity contribution in [2.75, 3.05) is 19.8 Å². The molecular formula is C40H41N18O4+. The maximum atomic E-state index is 9.49. The van der Waals surface area contributed by atoms with E-state index in [1.165, 1.54) is 0 Å². The van der Waals surface area contributed by atoms with Crippen molar-refractivity contribution in [2.24, 2.45) is 0 Å². The smallest absolute Gasteiger partial charge is 0.221 e. The van der Waals surface area contributed by atoms with Crippen LogP contribution in [0, 0.1) is 0 Å². The van der Waals surface area contributed by atoms with Gasteiger partial charge < -0.3 is 24.1 Å². The molecule has 10 aromatic rings. The minimum absolute atomic E-state index is 0.0184. The minimum atomic E-state index is -0.0932. The van der Waals surface area contributed by atoms with Crippen molar-refractivity contribution in [1.82, 2.24) is 83.4 Å². The number of hydrogen-bond acceptors (Lipinski definition) is 15. The van der Waals surface area contributed by atoms with Crippen molar-refractivity contribution >= 4 is 28.2 Å². The zero-order valence-corrected chi connectivity index (χ0v) is 33.4. The van der Waals surface area contributed by atoms with Gasteiger partial charge in [0.1, 0.15) is 11.3 Å². The van der Waals surface area contributed by atoms with Crippen molar-refractivity contribution < 1.29 is 24.2 Å². The highest BCUT2D eigenvalue weighted by atomic mass is 16.7. The van der Waals surface area contributed by atoms with Crippen molar-refractivity contribution in [2.45, 2.75) is 58.3 Å². The number of ether oxygens (including phenoxy) is 2. The standard InChI is InChI=1S/C22H23N9O2.C18H18N9O2/c1-2-9-32-20(3-1)33-10-8-30-15-17(11-25-30)18-12-24-21-22(26-18)31(28-27-21)14-16-4-5-19-23-6-7-29(19)13-16;28-6-5-24-11-14(7-20-24)16-8-19-17-18(21-16)26(23-22-17)9-13-1-3-25-4-2-15(12-29)27(25)10-13/h4-7,11-13,15,20H,1-3,8-10,14H2;1-4,7-8,10-11,28-29H,5-6,9,12H2/q;+1. The highest BCUT2D eigenvalue weighted by Gasteiger charge is 2.17. The van der Waals surface area contributed by atoms with Gasteiger partial charge in [-0.3, -0.25) is 9.36 Å². The van der Waals surface area contributed by atoms with E-state index in [9.17, 15) is 5.11 Å². The van der Waals surface area contributed by atoms with Crippen LogP contribution in [0.3, 0.4) is 0 Å². The molecule has 1 aliphatic heterocycles. The first-order chi connectivity index (χ1) is 30.6. The van der Waals surface area contributed by atoms with Gasteiger partial charge >= 0.3 is 0 Å². The summed E-state index contributed by atoms with van der Waals surface area (Å²) in [6.45, 7) is 3.35. The van der Waals surface area contributed by atoms with Crippen molar-refractivity contribution in [3.8, 4) is 22.5 Å². The fourth-order valence-electron chi connectivity index (χ4n) is 7.19. The largest absolute Gasteiger partial charge is 0.394 e. The van der Waals surface area contributed by atoms with Gasteiger partial charge in [0.05, 0.1) is 88.4 Å². The Bertz CT molecular complexity index is 3100. The highest BCUT2D eigenvalue weighted by molar-refractivity contribution is 5.70. The fraction of sp³-hybridized carbons (Fsp3) is 0.300. The lowest BCUT2D eigenvalue weighted by atomic mass is 10.2. The third-order valence-electron chi connectivity index (χ3n) is 10.4. The van der Waals surface area contributed by atoms with Gasteiger partial charge in [0.15, 0.2) is 17.6 Å². The monoisotopic (exact) mass is 837 g/mol. The molecule has 1 saturated heterocycles. The van der Waals surface area contributed by atoms with E-state index in [-0.39, 0.29) is 19.5 Å². The summed E-state index contributed by atoms with van der Waals surface area (Å²) in [6.07, 6.45) is 25.2. The molecule has 1 atom stereocenters. The van der Waals surface area contributed by atoms with Crippen LogP contribution in [0.15, 0.2) is 98.6 Å². The van der Waals surface area contributed by atoms with E-state index in [1.54, 1.807) is 45.0 Å². The molecule has 2 N–H and O–H groups in total. The Morgan fingerprint density at radius 1 is 0.742 bits per heavy atom. The second-order valence-electron chi connectivity index (χ2n) is 14.6. The van der Waals surface area contributed by atoms with Crippen LogP contribution in [0.2, 0.25) is 0 Å². The number of nitrogens with zero attached hydrogens (tertiary/aromatic N) is 18. The average molecular weight is 838 g/mol. The van der Waals surface area contributed by atoms with Gasteiger partial charge in [0, 0.05) is 66.4 Å². The second-order valence-corrected chi connectivity index (χ2v) is 14.6. The lowest BCUT2D eigenvalue weighted by Crippen LogP contribution is -2.28. The SMILES string of the molecule is OCCn1cc(-c2cnc3nnn(Cc4cc[n+]5ccc(CO)n5c4)c3n2)cn1.c1cn2cc(Cn3nnc4ncc(-c5cnn(CCOC6CCCCO6)c5)nc43)ccc2n1. The number of fused-ring (bicyclic) bond motifs is 4. The summed E-state index contributed by atoms with van der Waals surface area (Å²) in [6, 6.07) is 7.84. The lowest BCUT2D eigenvalue weighted by Gasteiger charge is -2.22. The molecule has 62 heavy (non-hydrogen) atoms. The number of imidazole rings is 1.